The molecule has 1 aliphatic rings. The number of carbonyl (C=O) groups excluding carboxylic acids is 2. The summed E-state index contributed by atoms with van der Waals surface area (Å²) in [6, 6.07) is -0.109. The number of nitrogens with one attached hydrogen (secondary N) is 1. The SMILES string of the molecule is CC(=O)CNC(=O)N1CCCC1. The van der Waals surface area contributed by atoms with Crippen molar-refractivity contribution in [2.24, 2.45) is 0 Å². The zero-order valence-electron chi connectivity index (χ0n) is 7.30. The number of amides is 2. The highest BCUT2D eigenvalue weighted by Gasteiger charge is 2.17. The molecule has 0 atom stereocenters. The molecular formula is C8H14N2O2. The number of nitrogens with zero attached hydrogens (tertiary/aromatic N) is 1. The van der Waals surface area contributed by atoms with Crippen LogP contribution in [0.2, 0.25) is 0 Å². The van der Waals surface area contributed by atoms with Gasteiger partial charge in [-0.15, -0.1) is 0 Å². The lowest BCUT2D eigenvalue weighted by molar-refractivity contribution is -0.116. The summed E-state index contributed by atoms with van der Waals surface area (Å²) in [6.45, 7) is 3.26. The molecule has 0 spiro atoms. The molecular weight excluding hydrogens is 156 g/mol. The molecule has 0 unspecified atom stereocenters. The van der Waals surface area contributed by atoms with E-state index in [1.54, 1.807) is 4.90 Å². The topological polar surface area (TPSA) is 49.4 Å². The summed E-state index contributed by atoms with van der Waals surface area (Å²) in [5.74, 6) is -0.0115. The number of urea groups is 1. The first kappa shape index (κ1) is 9.03. The number of ketones is 1. The maximum absolute atomic E-state index is 11.2. The Morgan fingerprint density at radius 2 is 1.92 bits per heavy atom. The summed E-state index contributed by atoms with van der Waals surface area (Å²) < 4.78 is 0. The molecule has 4 nitrogen and oxygen atoms in total. The molecule has 1 heterocycles. The third kappa shape index (κ3) is 2.53. The monoisotopic (exact) mass is 170 g/mol. The molecule has 68 valence electrons. The second kappa shape index (κ2) is 4.09. The zero-order valence-corrected chi connectivity index (χ0v) is 7.30. The molecule has 0 saturated carbocycles. The Morgan fingerprint density at radius 3 is 2.42 bits per heavy atom. The molecule has 0 aromatic heterocycles. The van der Waals surface area contributed by atoms with Crippen molar-refractivity contribution < 1.29 is 9.59 Å². The fourth-order valence-corrected chi connectivity index (χ4v) is 1.23. The molecule has 4 heteroatoms. The average Bonchev–Trinajstić information content (AvgIpc) is 2.51. The van der Waals surface area contributed by atoms with Gasteiger partial charge in [-0.05, 0) is 19.8 Å². The van der Waals surface area contributed by atoms with Crippen molar-refractivity contribution in [2.75, 3.05) is 19.6 Å². The van der Waals surface area contributed by atoms with E-state index < -0.39 is 0 Å². The lowest BCUT2D eigenvalue weighted by Gasteiger charge is -2.14. The van der Waals surface area contributed by atoms with Gasteiger partial charge in [0.05, 0.1) is 6.54 Å². The highest BCUT2D eigenvalue weighted by atomic mass is 16.2. The predicted octanol–water partition coefficient (Wildman–Crippen LogP) is 0.381. The number of Topliss-reactive ketones (excluding diaryl/α,β-unsaturated/α-hetero) is 1. The predicted molar refractivity (Wildman–Crippen MR) is 44.9 cm³/mol. The van der Waals surface area contributed by atoms with Crippen molar-refractivity contribution in [1.82, 2.24) is 10.2 Å². The summed E-state index contributed by atoms with van der Waals surface area (Å²) in [6.07, 6.45) is 2.15. The van der Waals surface area contributed by atoms with Crippen LogP contribution in [0.15, 0.2) is 0 Å². The van der Waals surface area contributed by atoms with E-state index >= 15 is 0 Å². The molecule has 2 amide bonds. The Morgan fingerprint density at radius 1 is 1.33 bits per heavy atom. The van der Waals surface area contributed by atoms with Gasteiger partial charge in [-0.1, -0.05) is 0 Å². The number of rotatable bonds is 2. The Hall–Kier alpha value is -1.06. The van der Waals surface area contributed by atoms with E-state index in [0.717, 1.165) is 25.9 Å². The molecule has 1 N–H and O–H groups in total. The normalized spacial score (nSPS) is 16.2. The van der Waals surface area contributed by atoms with E-state index in [4.69, 9.17) is 0 Å². The van der Waals surface area contributed by atoms with Crippen LogP contribution in [0.25, 0.3) is 0 Å². The zero-order chi connectivity index (χ0) is 8.97. The molecule has 1 aliphatic heterocycles. The minimum Gasteiger partial charge on any atom is -0.331 e. The maximum atomic E-state index is 11.2. The fraction of sp³-hybridized carbons (Fsp3) is 0.750. The van der Waals surface area contributed by atoms with Crippen molar-refractivity contribution in [3.8, 4) is 0 Å². The van der Waals surface area contributed by atoms with Gasteiger partial charge in [0.1, 0.15) is 5.78 Å². The fourth-order valence-electron chi connectivity index (χ4n) is 1.23. The van der Waals surface area contributed by atoms with Gasteiger partial charge in [0, 0.05) is 13.1 Å². The molecule has 0 aliphatic carbocycles. The van der Waals surface area contributed by atoms with Crippen LogP contribution in [-0.4, -0.2) is 36.3 Å². The third-order valence-electron chi connectivity index (χ3n) is 1.88. The van der Waals surface area contributed by atoms with E-state index in [0.29, 0.717) is 0 Å². The van der Waals surface area contributed by atoms with Crippen molar-refractivity contribution in [3.05, 3.63) is 0 Å². The summed E-state index contributed by atoms with van der Waals surface area (Å²) in [7, 11) is 0. The van der Waals surface area contributed by atoms with Gasteiger partial charge in [0.15, 0.2) is 0 Å². The van der Waals surface area contributed by atoms with Crippen molar-refractivity contribution in [3.63, 3.8) is 0 Å². The van der Waals surface area contributed by atoms with Crippen LogP contribution in [0.1, 0.15) is 19.8 Å². The van der Waals surface area contributed by atoms with E-state index in [1.165, 1.54) is 6.92 Å². The Balaban J connectivity index is 2.23. The number of hydrogen-bond donors (Lipinski definition) is 1. The van der Waals surface area contributed by atoms with Gasteiger partial charge in [-0.25, -0.2) is 4.79 Å². The number of carbonyl (C=O) groups is 2. The lowest BCUT2D eigenvalue weighted by atomic mass is 10.4. The molecule has 0 radical (unpaired) electrons. The lowest BCUT2D eigenvalue weighted by Crippen LogP contribution is -2.39. The highest BCUT2D eigenvalue weighted by molar-refractivity contribution is 5.83. The Labute approximate surface area is 71.9 Å². The van der Waals surface area contributed by atoms with Crippen LogP contribution in [0.4, 0.5) is 4.79 Å². The highest BCUT2D eigenvalue weighted by Crippen LogP contribution is 2.06. The largest absolute Gasteiger partial charge is 0.331 e. The van der Waals surface area contributed by atoms with Crippen molar-refractivity contribution in [2.45, 2.75) is 19.8 Å². The average molecular weight is 170 g/mol. The molecule has 0 bridgehead atoms. The molecule has 0 aromatic rings. The van der Waals surface area contributed by atoms with E-state index in [2.05, 4.69) is 5.32 Å². The van der Waals surface area contributed by atoms with Gasteiger partial charge in [0.2, 0.25) is 0 Å². The molecule has 1 rings (SSSR count). The smallest absolute Gasteiger partial charge is 0.317 e. The van der Waals surface area contributed by atoms with Crippen LogP contribution in [0, 0.1) is 0 Å². The minimum absolute atomic E-state index is 0.0115. The molecule has 12 heavy (non-hydrogen) atoms. The first-order chi connectivity index (χ1) is 5.70. The first-order valence-electron chi connectivity index (χ1n) is 4.22. The van der Waals surface area contributed by atoms with Crippen LogP contribution >= 0.6 is 0 Å². The van der Waals surface area contributed by atoms with Crippen LogP contribution in [0.3, 0.4) is 0 Å². The quantitative estimate of drug-likeness (QED) is 0.651. The summed E-state index contributed by atoms with van der Waals surface area (Å²) in [5, 5.41) is 2.56. The van der Waals surface area contributed by atoms with Gasteiger partial charge in [-0.3, -0.25) is 4.79 Å². The number of hydrogen-bond acceptors (Lipinski definition) is 2. The van der Waals surface area contributed by atoms with Gasteiger partial charge >= 0.3 is 6.03 Å². The number of likely N-dealkylation sites (tertiary alicyclic amines) is 1. The minimum atomic E-state index is -0.109. The van der Waals surface area contributed by atoms with Crippen LogP contribution < -0.4 is 5.32 Å². The molecule has 0 aromatic carbocycles. The van der Waals surface area contributed by atoms with Crippen LogP contribution in [-0.2, 0) is 4.79 Å². The second-order valence-corrected chi connectivity index (χ2v) is 3.05. The summed E-state index contributed by atoms with van der Waals surface area (Å²) >= 11 is 0. The van der Waals surface area contributed by atoms with E-state index in [-0.39, 0.29) is 18.4 Å². The van der Waals surface area contributed by atoms with Crippen LogP contribution in [0.5, 0.6) is 0 Å². The summed E-state index contributed by atoms with van der Waals surface area (Å²) in [4.78, 5) is 23.5. The first-order valence-corrected chi connectivity index (χ1v) is 4.22. The van der Waals surface area contributed by atoms with Gasteiger partial charge in [0.25, 0.3) is 0 Å². The van der Waals surface area contributed by atoms with Crippen molar-refractivity contribution in [1.29, 1.82) is 0 Å². The maximum Gasteiger partial charge on any atom is 0.317 e. The Kier molecular flexibility index (Phi) is 3.08. The van der Waals surface area contributed by atoms with E-state index in [9.17, 15) is 9.59 Å². The van der Waals surface area contributed by atoms with Gasteiger partial charge < -0.3 is 10.2 Å². The molecule has 1 saturated heterocycles. The van der Waals surface area contributed by atoms with E-state index in [1.807, 2.05) is 0 Å². The second-order valence-electron chi connectivity index (χ2n) is 3.05. The summed E-state index contributed by atoms with van der Waals surface area (Å²) in [5.41, 5.74) is 0. The van der Waals surface area contributed by atoms with Crippen molar-refractivity contribution >= 4 is 11.8 Å². The Bertz CT molecular complexity index is 185. The third-order valence-corrected chi connectivity index (χ3v) is 1.88. The molecule has 1 fully saturated rings. The standard InChI is InChI=1S/C8H14N2O2/c1-7(11)6-9-8(12)10-4-2-3-5-10/h2-6H2,1H3,(H,9,12). The van der Waals surface area contributed by atoms with Gasteiger partial charge in [-0.2, -0.15) is 0 Å².